The van der Waals surface area contributed by atoms with E-state index >= 15 is 0 Å². The fourth-order valence-corrected chi connectivity index (χ4v) is 2.75. The highest BCUT2D eigenvalue weighted by Crippen LogP contribution is 2.35. The third-order valence-corrected chi connectivity index (χ3v) is 4.54. The lowest BCUT2D eigenvalue weighted by atomic mass is 10.0. The van der Waals surface area contributed by atoms with Crippen molar-refractivity contribution in [2.24, 2.45) is 0 Å². The molecule has 0 bridgehead atoms. The Morgan fingerprint density at radius 3 is 0.818 bits per heavy atom. The van der Waals surface area contributed by atoms with E-state index in [4.69, 9.17) is 37.9 Å². The van der Waals surface area contributed by atoms with Gasteiger partial charge in [0, 0.05) is 36.4 Å². The van der Waals surface area contributed by atoms with E-state index in [0.717, 1.165) is 74.4 Å². The van der Waals surface area contributed by atoms with Crippen LogP contribution in [0.4, 0.5) is 0 Å². The van der Waals surface area contributed by atoms with Crippen LogP contribution in [0.3, 0.4) is 0 Å². The maximum atomic E-state index is 11.3. The fraction of sp³-hybridized carbons (Fsp3) is 0. The average Bonchev–Trinajstić information content (AvgIpc) is 3.04. The van der Waals surface area contributed by atoms with Crippen LogP contribution in [-0.4, -0.2) is 23.9 Å². The van der Waals surface area contributed by atoms with Crippen LogP contribution in [0.2, 0.25) is 0 Å². The summed E-state index contributed by atoms with van der Waals surface area (Å²) in [6.45, 7) is 13.2. The van der Waals surface area contributed by atoms with Gasteiger partial charge in [-0.15, -0.1) is 0 Å². The molecule has 0 N–H and O–H groups in total. The number of carbonyl (C=O) groups excluding carboxylic acids is 4. The fourth-order valence-electron chi connectivity index (χ4n) is 2.75. The van der Waals surface area contributed by atoms with Crippen molar-refractivity contribution in [1.29, 1.82) is 0 Å². The molecule has 2 rings (SSSR count). The Bertz CT molecular complexity index is 1290. The van der Waals surface area contributed by atoms with Gasteiger partial charge in [0.1, 0.15) is 73.1 Å². The lowest BCUT2D eigenvalue weighted by Crippen LogP contribution is -1.95. The van der Waals surface area contributed by atoms with E-state index in [1.807, 2.05) is 0 Å². The normalized spacial score (nSPS) is 10.6. The van der Waals surface area contributed by atoms with Crippen LogP contribution in [0.1, 0.15) is 0 Å². The number of hydrogen-bond donors (Lipinski definition) is 0. The van der Waals surface area contributed by atoms with Crippen molar-refractivity contribution in [3.05, 3.63) is 137 Å². The van der Waals surface area contributed by atoms with E-state index in [0.29, 0.717) is 11.1 Å². The molecule has 12 heteroatoms. The summed E-state index contributed by atoms with van der Waals surface area (Å²) in [4.78, 5) is 45.1. The summed E-state index contributed by atoms with van der Waals surface area (Å²) in [5.41, 5.74) is 1.01. The number of carbonyl (C=O) groups is 4. The van der Waals surface area contributed by atoms with E-state index in [-0.39, 0.29) is 23.0 Å². The predicted octanol–water partition coefficient (Wildman–Crippen LogP) is 5.67. The molecule has 2 aromatic carbocycles. The van der Waals surface area contributed by atoms with Gasteiger partial charge in [-0.1, -0.05) is 26.3 Å². The van der Waals surface area contributed by atoms with Crippen LogP contribution in [-0.2, 0) is 38.1 Å². The SMILES string of the molecule is C=CC(=O)O/C=C/Oc1cc(O/C=C/OC(=O)C=C)cc(-c2cc(O/C=C/OC(=O)C=C)cc(O/C=C/OC(=O)C=C)c2)c1. The third-order valence-electron chi connectivity index (χ3n) is 4.54. The van der Waals surface area contributed by atoms with Crippen LogP contribution in [0.5, 0.6) is 23.0 Å². The van der Waals surface area contributed by atoms with Gasteiger partial charge >= 0.3 is 23.9 Å². The van der Waals surface area contributed by atoms with Gasteiger partial charge in [0.25, 0.3) is 0 Å². The molecule has 0 aromatic heterocycles. The lowest BCUT2D eigenvalue weighted by Gasteiger charge is -2.12. The van der Waals surface area contributed by atoms with Crippen LogP contribution < -0.4 is 18.9 Å². The minimum atomic E-state index is -0.687. The first-order chi connectivity index (χ1) is 21.3. The molecule has 0 unspecified atom stereocenters. The molecule has 2 aromatic rings. The Kier molecular flexibility index (Phi) is 14.3. The molecule has 0 aliphatic heterocycles. The first-order valence-corrected chi connectivity index (χ1v) is 12.2. The molecule has 0 radical (unpaired) electrons. The van der Waals surface area contributed by atoms with Gasteiger partial charge in [-0.3, -0.25) is 0 Å². The maximum Gasteiger partial charge on any atom is 0.335 e. The quantitative estimate of drug-likeness (QED) is 0.0953. The van der Waals surface area contributed by atoms with Crippen molar-refractivity contribution >= 4 is 23.9 Å². The summed E-state index contributed by atoms with van der Waals surface area (Å²) >= 11 is 0. The van der Waals surface area contributed by atoms with Crippen LogP contribution in [0.25, 0.3) is 11.1 Å². The lowest BCUT2D eigenvalue weighted by molar-refractivity contribution is -0.133. The van der Waals surface area contributed by atoms with Gasteiger partial charge in [0.05, 0.1) is 0 Å². The zero-order valence-corrected chi connectivity index (χ0v) is 23.1. The standard InChI is InChI=1S/C32H26O12/c1-5-29(33)41-13-9-37-25-17-23(18-26(21-25)38-10-14-42-30(34)6-2)24-19-27(39-11-15-43-31(35)7-3)22-28(20-24)40-12-16-44-32(36)8-4/h5-22H,1-4H2/b13-9+,14-10+,15-11+,16-12+. The Hall–Kier alpha value is -6.56. The van der Waals surface area contributed by atoms with Gasteiger partial charge in [-0.25, -0.2) is 19.2 Å². The van der Waals surface area contributed by atoms with Crippen molar-refractivity contribution in [2.45, 2.75) is 0 Å². The number of benzene rings is 2. The summed E-state index contributed by atoms with van der Waals surface area (Å²) in [6.07, 6.45) is 12.5. The summed E-state index contributed by atoms with van der Waals surface area (Å²) in [6, 6.07) is 9.43. The van der Waals surface area contributed by atoms with Crippen molar-refractivity contribution in [3.8, 4) is 34.1 Å². The van der Waals surface area contributed by atoms with Gasteiger partial charge in [-0.2, -0.15) is 0 Å². The smallest absolute Gasteiger partial charge is 0.335 e. The number of rotatable bonds is 17. The number of esters is 4. The van der Waals surface area contributed by atoms with Crippen molar-refractivity contribution in [3.63, 3.8) is 0 Å². The Labute approximate surface area is 252 Å². The maximum absolute atomic E-state index is 11.3. The van der Waals surface area contributed by atoms with Crippen LogP contribution in [0.15, 0.2) is 137 Å². The third kappa shape index (κ3) is 12.7. The Morgan fingerprint density at radius 2 is 0.614 bits per heavy atom. The van der Waals surface area contributed by atoms with E-state index < -0.39 is 23.9 Å². The second kappa shape index (κ2) is 18.7. The molecule has 12 nitrogen and oxygen atoms in total. The molecule has 0 atom stereocenters. The minimum Gasteiger partial charge on any atom is -0.462 e. The van der Waals surface area contributed by atoms with E-state index in [1.54, 1.807) is 24.3 Å². The first kappa shape index (κ1) is 33.6. The first-order valence-electron chi connectivity index (χ1n) is 12.2. The van der Waals surface area contributed by atoms with Crippen LogP contribution in [0, 0.1) is 0 Å². The second-order valence-electron chi connectivity index (χ2n) is 7.51. The molecule has 0 heterocycles. The zero-order valence-electron chi connectivity index (χ0n) is 23.1. The zero-order chi connectivity index (χ0) is 32.2. The van der Waals surface area contributed by atoms with Gasteiger partial charge in [0.2, 0.25) is 0 Å². The Balaban J connectivity index is 2.47. The average molecular weight is 603 g/mol. The predicted molar refractivity (Wildman–Crippen MR) is 156 cm³/mol. The van der Waals surface area contributed by atoms with E-state index in [2.05, 4.69) is 26.3 Å². The van der Waals surface area contributed by atoms with Crippen LogP contribution >= 0.6 is 0 Å². The van der Waals surface area contributed by atoms with Crippen molar-refractivity contribution in [1.82, 2.24) is 0 Å². The molecule has 0 amide bonds. The topological polar surface area (TPSA) is 142 Å². The molecule has 0 saturated carbocycles. The summed E-state index contributed by atoms with van der Waals surface area (Å²) in [5.74, 6) is -1.80. The highest BCUT2D eigenvalue weighted by Gasteiger charge is 2.10. The second-order valence-corrected chi connectivity index (χ2v) is 7.51. The monoisotopic (exact) mass is 602 g/mol. The molecular formula is C32H26O12. The highest BCUT2D eigenvalue weighted by atomic mass is 16.6. The van der Waals surface area contributed by atoms with Gasteiger partial charge in [0.15, 0.2) is 0 Å². The highest BCUT2D eigenvalue weighted by molar-refractivity contribution is 5.82. The number of hydrogen-bond acceptors (Lipinski definition) is 12. The van der Waals surface area contributed by atoms with Crippen molar-refractivity contribution in [2.75, 3.05) is 0 Å². The molecule has 0 aliphatic carbocycles. The summed E-state index contributed by atoms with van der Waals surface area (Å²) in [5, 5.41) is 0. The van der Waals surface area contributed by atoms with Gasteiger partial charge in [-0.05, 0) is 35.4 Å². The molecule has 0 fully saturated rings. The minimum absolute atomic E-state index is 0.237. The molecule has 226 valence electrons. The van der Waals surface area contributed by atoms with E-state index in [9.17, 15) is 19.2 Å². The summed E-state index contributed by atoms with van der Waals surface area (Å²) < 4.78 is 41.3. The number of ether oxygens (including phenoxy) is 8. The molecule has 44 heavy (non-hydrogen) atoms. The van der Waals surface area contributed by atoms with Crippen molar-refractivity contribution < 1.29 is 57.1 Å². The molecule has 0 saturated heterocycles. The van der Waals surface area contributed by atoms with E-state index in [1.165, 1.54) is 12.1 Å². The Morgan fingerprint density at radius 1 is 0.386 bits per heavy atom. The van der Waals surface area contributed by atoms with Gasteiger partial charge < -0.3 is 37.9 Å². The molecule has 0 aliphatic rings. The largest absolute Gasteiger partial charge is 0.462 e. The molecule has 0 spiro atoms. The molecular weight excluding hydrogens is 576 g/mol. The summed E-state index contributed by atoms with van der Waals surface area (Å²) in [7, 11) is 0.